The molecule has 1 aromatic carbocycles. The summed E-state index contributed by atoms with van der Waals surface area (Å²) in [7, 11) is 3.34. The molecule has 25 heavy (non-hydrogen) atoms. The number of benzene rings is 1. The van der Waals surface area contributed by atoms with Crippen LogP contribution in [0.5, 0.6) is 5.75 Å². The van der Waals surface area contributed by atoms with Crippen molar-refractivity contribution >= 4 is 34.8 Å². The fraction of sp³-hybridized carbons (Fsp3) is 0.353. The molecule has 1 atom stereocenters. The number of nitrogens with zero attached hydrogens (tertiary/aromatic N) is 3. The highest BCUT2D eigenvalue weighted by Gasteiger charge is 2.35. The molecule has 0 radical (unpaired) electrons. The Bertz CT molecular complexity index is 833. The summed E-state index contributed by atoms with van der Waals surface area (Å²) in [6.07, 6.45) is 1.76. The van der Waals surface area contributed by atoms with E-state index in [2.05, 4.69) is 10.4 Å². The lowest BCUT2D eigenvalue weighted by Gasteiger charge is -2.17. The van der Waals surface area contributed by atoms with E-state index in [4.69, 9.17) is 16.3 Å². The van der Waals surface area contributed by atoms with Gasteiger partial charge in [0.2, 0.25) is 11.8 Å². The summed E-state index contributed by atoms with van der Waals surface area (Å²) < 4.78 is 6.80. The topological polar surface area (TPSA) is 76.5 Å². The largest absolute Gasteiger partial charge is 0.495 e. The average Bonchev–Trinajstić information content (AvgIpc) is 3.12. The summed E-state index contributed by atoms with van der Waals surface area (Å²) in [4.78, 5) is 26.4. The van der Waals surface area contributed by atoms with Crippen LogP contribution in [0.15, 0.2) is 24.4 Å². The van der Waals surface area contributed by atoms with Gasteiger partial charge in [-0.15, -0.1) is 0 Å². The summed E-state index contributed by atoms with van der Waals surface area (Å²) in [5.41, 5.74) is 2.17. The molecule has 132 valence electrons. The number of carbonyl (C=O) groups is 2. The zero-order valence-corrected chi connectivity index (χ0v) is 15.0. The Kier molecular flexibility index (Phi) is 4.67. The third-order valence-electron chi connectivity index (χ3n) is 4.44. The van der Waals surface area contributed by atoms with Crippen LogP contribution < -0.4 is 15.0 Å². The number of halogens is 1. The first kappa shape index (κ1) is 17.3. The number of nitrogens with one attached hydrogen (secondary N) is 1. The van der Waals surface area contributed by atoms with Crippen LogP contribution in [-0.4, -0.2) is 35.2 Å². The van der Waals surface area contributed by atoms with Crippen molar-refractivity contribution in [3.63, 3.8) is 0 Å². The predicted molar refractivity (Wildman–Crippen MR) is 95.0 cm³/mol. The number of aryl methyl sites for hydroxylation is 1. The first-order chi connectivity index (χ1) is 11.9. The second-order valence-corrected chi connectivity index (χ2v) is 6.39. The average molecular weight is 363 g/mol. The molecule has 0 spiro atoms. The van der Waals surface area contributed by atoms with Crippen LogP contribution in [0.3, 0.4) is 0 Å². The number of hydrogen-bond donors (Lipinski definition) is 1. The van der Waals surface area contributed by atoms with Gasteiger partial charge in [-0.05, 0) is 25.1 Å². The molecule has 0 saturated carbocycles. The number of methoxy groups -OCH3 is 1. The fourth-order valence-corrected chi connectivity index (χ4v) is 3.06. The lowest BCUT2D eigenvalue weighted by molar-refractivity contribution is -0.122. The maximum Gasteiger partial charge on any atom is 0.229 e. The first-order valence-electron chi connectivity index (χ1n) is 7.84. The molecule has 0 aliphatic carbocycles. The Labute approximate surface area is 150 Å². The first-order valence-corrected chi connectivity index (χ1v) is 8.22. The number of anilines is 2. The van der Waals surface area contributed by atoms with E-state index in [1.165, 1.54) is 7.11 Å². The molecule has 7 nitrogen and oxygen atoms in total. The standard InChI is InChI=1S/C17H19ClN4O3/c1-10-14(8-19-21(10)2)20-17(24)11-6-16(23)22(9-11)12-4-5-15(25-3)13(18)7-12/h4-5,7-8,11H,6,9H2,1-3H3,(H,20,24). The maximum absolute atomic E-state index is 12.5. The molecule has 1 aliphatic rings. The molecular formula is C17H19ClN4O3. The summed E-state index contributed by atoms with van der Waals surface area (Å²) in [5.74, 6) is -0.178. The third-order valence-corrected chi connectivity index (χ3v) is 4.73. The predicted octanol–water partition coefficient (Wildman–Crippen LogP) is 2.38. The van der Waals surface area contributed by atoms with Crippen LogP contribution in [0.2, 0.25) is 5.02 Å². The molecule has 1 aliphatic heterocycles. The van der Waals surface area contributed by atoms with E-state index >= 15 is 0 Å². The second kappa shape index (κ2) is 6.76. The van der Waals surface area contributed by atoms with Crippen LogP contribution in [0.4, 0.5) is 11.4 Å². The van der Waals surface area contributed by atoms with Crippen molar-refractivity contribution < 1.29 is 14.3 Å². The highest BCUT2D eigenvalue weighted by Crippen LogP contribution is 2.32. The molecule has 1 unspecified atom stereocenters. The number of carbonyl (C=O) groups excluding carboxylic acids is 2. The SMILES string of the molecule is COc1ccc(N2CC(C(=O)Nc3cnn(C)c3C)CC2=O)cc1Cl. The van der Waals surface area contributed by atoms with Crippen molar-refractivity contribution in [3.05, 3.63) is 35.1 Å². The molecule has 1 aromatic heterocycles. The molecule has 2 amide bonds. The van der Waals surface area contributed by atoms with Crippen LogP contribution >= 0.6 is 11.6 Å². The van der Waals surface area contributed by atoms with E-state index in [0.29, 0.717) is 28.7 Å². The minimum atomic E-state index is -0.423. The molecule has 1 N–H and O–H groups in total. The monoisotopic (exact) mass is 362 g/mol. The zero-order valence-electron chi connectivity index (χ0n) is 14.2. The highest BCUT2D eigenvalue weighted by atomic mass is 35.5. The van der Waals surface area contributed by atoms with Crippen molar-refractivity contribution in [2.75, 3.05) is 23.9 Å². The normalized spacial score (nSPS) is 17.0. The van der Waals surface area contributed by atoms with E-state index in [0.717, 1.165) is 5.69 Å². The lowest BCUT2D eigenvalue weighted by atomic mass is 10.1. The molecule has 3 rings (SSSR count). The number of hydrogen-bond acceptors (Lipinski definition) is 4. The third kappa shape index (κ3) is 3.32. The molecule has 1 fully saturated rings. The van der Waals surface area contributed by atoms with Crippen LogP contribution in [-0.2, 0) is 16.6 Å². The van der Waals surface area contributed by atoms with Crippen molar-refractivity contribution in [2.24, 2.45) is 13.0 Å². The molecule has 2 heterocycles. The van der Waals surface area contributed by atoms with Crippen molar-refractivity contribution in [1.29, 1.82) is 0 Å². The molecule has 0 bridgehead atoms. The van der Waals surface area contributed by atoms with Gasteiger partial charge >= 0.3 is 0 Å². The van der Waals surface area contributed by atoms with Crippen LogP contribution in [0, 0.1) is 12.8 Å². The summed E-state index contributed by atoms with van der Waals surface area (Å²) in [6.45, 7) is 2.18. The molecule has 1 saturated heterocycles. The minimum absolute atomic E-state index is 0.107. The van der Waals surface area contributed by atoms with Gasteiger partial charge < -0.3 is 15.0 Å². The van der Waals surface area contributed by atoms with Gasteiger partial charge in [-0.25, -0.2) is 0 Å². The van der Waals surface area contributed by atoms with E-state index in [9.17, 15) is 9.59 Å². The zero-order chi connectivity index (χ0) is 18.1. The quantitative estimate of drug-likeness (QED) is 0.906. The van der Waals surface area contributed by atoms with E-state index < -0.39 is 5.92 Å². The second-order valence-electron chi connectivity index (χ2n) is 5.98. The Morgan fingerprint density at radius 2 is 2.20 bits per heavy atom. The maximum atomic E-state index is 12.5. The Morgan fingerprint density at radius 1 is 1.44 bits per heavy atom. The van der Waals surface area contributed by atoms with Crippen LogP contribution in [0.1, 0.15) is 12.1 Å². The van der Waals surface area contributed by atoms with Crippen molar-refractivity contribution in [2.45, 2.75) is 13.3 Å². The van der Waals surface area contributed by atoms with Gasteiger partial charge in [0.25, 0.3) is 0 Å². The highest BCUT2D eigenvalue weighted by molar-refractivity contribution is 6.32. The van der Waals surface area contributed by atoms with Crippen molar-refractivity contribution in [3.8, 4) is 5.75 Å². The minimum Gasteiger partial charge on any atom is -0.495 e. The van der Waals surface area contributed by atoms with E-state index in [-0.39, 0.29) is 18.2 Å². The number of ether oxygens (including phenoxy) is 1. The summed E-state index contributed by atoms with van der Waals surface area (Å²) >= 11 is 6.13. The fourth-order valence-electron chi connectivity index (χ4n) is 2.81. The van der Waals surface area contributed by atoms with Gasteiger partial charge in [0, 0.05) is 25.7 Å². The summed E-state index contributed by atoms with van der Waals surface area (Å²) in [5, 5.41) is 7.37. The van der Waals surface area contributed by atoms with Gasteiger partial charge in [-0.2, -0.15) is 5.10 Å². The number of rotatable bonds is 4. The number of aromatic nitrogens is 2. The van der Waals surface area contributed by atoms with E-state index in [1.54, 1.807) is 41.0 Å². The van der Waals surface area contributed by atoms with Gasteiger partial charge in [0.1, 0.15) is 5.75 Å². The van der Waals surface area contributed by atoms with Gasteiger partial charge in [-0.3, -0.25) is 14.3 Å². The summed E-state index contributed by atoms with van der Waals surface area (Å²) in [6, 6.07) is 5.13. The molecular weight excluding hydrogens is 344 g/mol. The number of amides is 2. The Balaban J connectivity index is 1.72. The molecule has 8 heteroatoms. The van der Waals surface area contributed by atoms with E-state index in [1.807, 2.05) is 6.92 Å². The smallest absolute Gasteiger partial charge is 0.229 e. The van der Waals surface area contributed by atoms with Crippen molar-refractivity contribution in [1.82, 2.24) is 9.78 Å². The Hall–Kier alpha value is -2.54. The van der Waals surface area contributed by atoms with Gasteiger partial charge in [0.15, 0.2) is 0 Å². The Morgan fingerprint density at radius 3 is 2.80 bits per heavy atom. The van der Waals surface area contributed by atoms with Crippen LogP contribution in [0.25, 0.3) is 0 Å². The molecule has 2 aromatic rings. The van der Waals surface area contributed by atoms with Gasteiger partial charge in [-0.1, -0.05) is 11.6 Å². The van der Waals surface area contributed by atoms with Gasteiger partial charge in [0.05, 0.1) is 35.6 Å². The lowest BCUT2D eigenvalue weighted by Crippen LogP contribution is -2.28.